The molecule has 0 spiro atoms. The van der Waals surface area contributed by atoms with Gasteiger partial charge < -0.3 is 15.2 Å². The fraction of sp³-hybridized carbons (Fsp3) is 0.148. The van der Waals surface area contributed by atoms with E-state index in [9.17, 15) is 22.9 Å². The van der Waals surface area contributed by atoms with Gasteiger partial charge in [-0.25, -0.2) is 0 Å². The van der Waals surface area contributed by atoms with Gasteiger partial charge in [0.05, 0.1) is 27.2 Å². The van der Waals surface area contributed by atoms with E-state index in [4.69, 9.17) is 27.9 Å². The number of halogens is 2. The SMILES string of the molecule is CCOc1cc(NC(=O)c2cc3ccccc3c(N=Nc3cc(CC)c(S(=O)(=O)O)cc3Cl)c2[O-])ccc1Cl.[Na+]. The third kappa shape index (κ3) is 6.95. The maximum absolute atomic E-state index is 13.4. The molecule has 0 heterocycles. The van der Waals surface area contributed by atoms with Crippen molar-refractivity contribution >= 4 is 67.1 Å². The molecule has 0 fully saturated rings. The third-order valence-electron chi connectivity index (χ3n) is 5.76. The van der Waals surface area contributed by atoms with Crippen LogP contribution in [0.4, 0.5) is 17.1 Å². The molecule has 4 aromatic rings. The summed E-state index contributed by atoms with van der Waals surface area (Å²) >= 11 is 12.3. The van der Waals surface area contributed by atoms with E-state index in [1.54, 1.807) is 56.3 Å². The minimum absolute atomic E-state index is 0. The average Bonchev–Trinajstić information content (AvgIpc) is 2.89. The van der Waals surface area contributed by atoms with E-state index >= 15 is 0 Å². The number of carbonyl (C=O) groups is 1. The second-order valence-electron chi connectivity index (χ2n) is 8.30. The Morgan fingerprint density at radius 2 is 1.75 bits per heavy atom. The molecule has 4 rings (SSSR count). The van der Waals surface area contributed by atoms with E-state index in [2.05, 4.69) is 15.5 Å². The molecule has 1 amide bonds. The molecule has 4 aromatic carbocycles. The molecule has 0 saturated heterocycles. The fourth-order valence-corrected chi connectivity index (χ4v) is 5.15. The molecule has 0 saturated carbocycles. The van der Waals surface area contributed by atoms with Crippen LogP contribution in [0.15, 0.2) is 75.8 Å². The van der Waals surface area contributed by atoms with Gasteiger partial charge in [0.2, 0.25) is 0 Å². The van der Waals surface area contributed by atoms with Crippen LogP contribution in [0.2, 0.25) is 10.0 Å². The van der Waals surface area contributed by atoms with Gasteiger partial charge in [0.15, 0.2) is 0 Å². The first-order valence-corrected chi connectivity index (χ1v) is 13.9. The number of carbonyl (C=O) groups excluding carboxylic acids is 1. The number of azo groups is 1. The molecule has 40 heavy (non-hydrogen) atoms. The number of aryl methyl sites for hydroxylation is 1. The summed E-state index contributed by atoms with van der Waals surface area (Å²) in [5.74, 6) is -0.957. The Hall–Kier alpha value is -2.70. The van der Waals surface area contributed by atoms with Gasteiger partial charge in [-0.1, -0.05) is 60.1 Å². The van der Waals surface area contributed by atoms with Gasteiger partial charge in [0.1, 0.15) is 11.4 Å². The Labute approximate surface area is 263 Å². The summed E-state index contributed by atoms with van der Waals surface area (Å²) in [6, 6.07) is 15.5. The molecule has 13 heteroatoms. The molecule has 2 N–H and O–H groups in total. The number of fused-ring (bicyclic) bond motifs is 1. The van der Waals surface area contributed by atoms with Gasteiger partial charge >= 0.3 is 29.6 Å². The predicted octanol–water partition coefficient (Wildman–Crippen LogP) is 4.10. The number of nitrogens with zero attached hydrogens (tertiary/aromatic N) is 2. The maximum atomic E-state index is 13.4. The van der Waals surface area contributed by atoms with Crippen LogP contribution in [-0.4, -0.2) is 25.5 Å². The standard InChI is InChI=1S/C27H23Cl2N3O6S.Na/c1-3-15-12-22(21(29)14-24(15)39(35,36)37)31-32-25-18-8-6-5-7-16(18)11-19(26(25)33)27(34)30-17-9-10-20(28)23(13-17)38-4-2;/h5-14,33H,3-4H2,1-2H3,(H,30,34)(H,35,36,37);/q;+1/p-1. The molecular formula is C27H22Cl2N3NaO6S. The molecule has 0 aliphatic heterocycles. The second-order valence-corrected chi connectivity index (χ2v) is 10.5. The smallest absolute Gasteiger partial charge is 0.870 e. The van der Waals surface area contributed by atoms with Gasteiger partial charge in [-0.05, 0) is 54.6 Å². The quantitative estimate of drug-likeness (QED) is 0.175. The van der Waals surface area contributed by atoms with E-state index in [0.717, 1.165) is 6.07 Å². The van der Waals surface area contributed by atoms with Crippen LogP contribution in [0.1, 0.15) is 29.8 Å². The summed E-state index contributed by atoms with van der Waals surface area (Å²) < 4.78 is 38.3. The van der Waals surface area contributed by atoms with Crippen molar-refractivity contribution in [3.8, 4) is 11.5 Å². The number of anilines is 1. The summed E-state index contributed by atoms with van der Waals surface area (Å²) in [4.78, 5) is 12.8. The normalized spacial score (nSPS) is 11.4. The van der Waals surface area contributed by atoms with Gasteiger partial charge in [0, 0.05) is 22.7 Å². The molecule has 0 atom stereocenters. The van der Waals surface area contributed by atoms with Gasteiger partial charge in [0.25, 0.3) is 16.0 Å². The molecule has 0 aromatic heterocycles. The summed E-state index contributed by atoms with van der Waals surface area (Å²) in [5.41, 5.74) is 0.464. The van der Waals surface area contributed by atoms with E-state index in [1.165, 1.54) is 12.1 Å². The van der Waals surface area contributed by atoms with Crippen molar-refractivity contribution in [2.45, 2.75) is 25.2 Å². The molecule has 0 unspecified atom stereocenters. The molecule has 202 valence electrons. The minimum Gasteiger partial charge on any atom is -0.870 e. The summed E-state index contributed by atoms with van der Waals surface area (Å²) in [6.45, 7) is 3.88. The topological polar surface area (TPSA) is 140 Å². The van der Waals surface area contributed by atoms with Crippen molar-refractivity contribution in [2.24, 2.45) is 10.2 Å². The zero-order valence-corrected chi connectivity index (χ0v) is 26.1. The van der Waals surface area contributed by atoms with Crippen molar-refractivity contribution in [2.75, 3.05) is 11.9 Å². The largest absolute Gasteiger partial charge is 1.00 e. The molecule has 0 radical (unpaired) electrons. The number of hydrogen-bond acceptors (Lipinski definition) is 7. The first kappa shape index (κ1) is 31.8. The van der Waals surface area contributed by atoms with Crippen molar-refractivity contribution in [1.29, 1.82) is 0 Å². The molecule has 9 nitrogen and oxygen atoms in total. The Morgan fingerprint density at radius 1 is 1.02 bits per heavy atom. The second kappa shape index (κ2) is 13.3. The zero-order valence-electron chi connectivity index (χ0n) is 21.7. The van der Waals surface area contributed by atoms with E-state index in [0.29, 0.717) is 33.8 Å². The van der Waals surface area contributed by atoms with Gasteiger partial charge in [-0.15, -0.1) is 5.11 Å². The average molecular weight is 610 g/mol. The number of hydrogen-bond donors (Lipinski definition) is 2. The van der Waals surface area contributed by atoms with Crippen LogP contribution in [0.25, 0.3) is 10.8 Å². The number of rotatable bonds is 8. The Bertz CT molecular complexity index is 1730. The van der Waals surface area contributed by atoms with Crippen molar-refractivity contribution in [3.63, 3.8) is 0 Å². The predicted molar refractivity (Wildman–Crippen MR) is 149 cm³/mol. The van der Waals surface area contributed by atoms with Crippen LogP contribution in [0, 0.1) is 0 Å². The molecular weight excluding hydrogens is 588 g/mol. The summed E-state index contributed by atoms with van der Waals surface area (Å²) in [7, 11) is -4.50. The van der Waals surface area contributed by atoms with E-state index in [1.807, 2.05) is 0 Å². The van der Waals surface area contributed by atoms with E-state index < -0.39 is 21.8 Å². The van der Waals surface area contributed by atoms with Crippen molar-refractivity contribution in [3.05, 3.63) is 81.8 Å². The number of ether oxygens (including phenoxy) is 1. The maximum Gasteiger partial charge on any atom is 1.00 e. The third-order valence-corrected chi connectivity index (χ3v) is 7.31. The fourth-order valence-electron chi connectivity index (χ4n) is 3.91. The first-order chi connectivity index (χ1) is 18.5. The number of nitrogens with one attached hydrogen (secondary N) is 1. The minimum atomic E-state index is -4.50. The van der Waals surface area contributed by atoms with Gasteiger partial charge in [-0.3, -0.25) is 9.35 Å². The first-order valence-electron chi connectivity index (χ1n) is 11.7. The Balaban J connectivity index is 0.00000441. The van der Waals surface area contributed by atoms with Gasteiger partial charge in [-0.2, -0.15) is 13.5 Å². The molecule has 0 bridgehead atoms. The zero-order chi connectivity index (χ0) is 28.3. The van der Waals surface area contributed by atoms with Crippen LogP contribution in [0.3, 0.4) is 0 Å². The Morgan fingerprint density at radius 3 is 2.42 bits per heavy atom. The van der Waals surface area contributed by atoms with Crippen LogP contribution in [-0.2, 0) is 16.5 Å². The number of benzene rings is 4. The van der Waals surface area contributed by atoms with Crippen molar-refractivity contribution in [1.82, 2.24) is 0 Å². The van der Waals surface area contributed by atoms with Crippen LogP contribution < -0.4 is 44.7 Å². The molecule has 0 aliphatic rings. The van der Waals surface area contributed by atoms with E-state index in [-0.39, 0.29) is 68.4 Å². The summed E-state index contributed by atoms with van der Waals surface area (Å²) in [6.07, 6.45) is 0.260. The number of amides is 1. The van der Waals surface area contributed by atoms with Crippen LogP contribution >= 0.6 is 23.2 Å². The summed E-state index contributed by atoms with van der Waals surface area (Å²) in [5, 5.41) is 25.7. The molecule has 0 aliphatic carbocycles. The Kier molecular flexibility index (Phi) is 10.6. The monoisotopic (exact) mass is 609 g/mol. The van der Waals surface area contributed by atoms with Crippen molar-refractivity contribution < 1.29 is 57.2 Å². The van der Waals surface area contributed by atoms with Crippen LogP contribution in [0.5, 0.6) is 11.5 Å².